The molecule has 0 saturated carbocycles. The molecule has 128 valence electrons. The molecule has 3 aromatic rings. The largest absolute Gasteiger partial charge is 0.484 e. The predicted molar refractivity (Wildman–Crippen MR) is 99.7 cm³/mol. The van der Waals surface area contributed by atoms with E-state index in [1.165, 1.54) is 11.3 Å². The lowest BCUT2D eigenvalue weighted by molar-refractivity contribution is -0.118. The van der Waals surface area contributed by atoms with E-state index < -0.39 is 0 Å². The number of halogens is 2. The van der Waals surface area contributed by atoms with Crippen LogP contribution in [-0.2, 0) is 11.2 Å². The van der Waals surface area contributed by atoms with Gasteiger partial charge in [-0.25, -0.2) is 0 Å². The molecule has 2 aromatic carbocycles. The number of hydrogen-bond donors (Lipinski definition) is 1. The molecule has 1 amide bonds. The first-order valence-corrected chi connectivity index (χ1v) is 8.91. The zero-order chi connectivity index (χ0) is 17.6. The van der Waals surface area contributed by atoms with Crippen molar-refractivity contribution in [3.63, 3.8) is 0 Å². The van der Waals surface area contributed by atoms with Gasteiger partial charge < -0.3 is 4.74 Å². The molecule has 0 atom stereocenters. The van der Waals surface area contributed by atoms with Gasteiger partial charge in [-0.2, -0.15) is 0 Å². The molecule has 8 heteroatoms. The number of amides is 1. The third kappa shape index (κ3) is 5.42. The van der Waals surface area contributed by atoms with E-state index in [0.717, 1.165) is 10.6 Å². The fraction of sp³-hybridized carbons (Fsp3) is 0.118. The second-order valence-corrected chi connectivity index (χ2v) is 7.03. The van der Waals surface area contributed by atoms with Crippen molar-refractivity contribution in [1.29, 1.82) is 0 Å². The lowest BCUT2D eigenvalue weighted by atomic mass is 10.2. The third-order valence-corrected chi connectivity index (χ3v) is 4.51. The number of nitrogens with one attached hydrogen (secondary N) is 1. The van der Waals surface area contributed by atoms with Crippen LogP contribution in [0.4, 0.5) is 5.13 Å². The van der Waals surface area contributed by atoms with E-state index in [1.54, 1.807) is 24.3 Å². The number of benzene rings is 2. The first-order chi connectivity index (χ1) is 12.1. The summed E-state index contributed by atoms with van der Waals surface area (Å²) in [6.07, 6.45) is 0.631. The standard InChI is InChI=1S/C17H13Cl2N3O2S/c18-12-3-1-11(2-4-12)9-16-21-22-17(25-16)20-15(23)10-24-14-7-5-13(19)6-8-14/h1-8H,9-10H2,(H,20,22,23). The summed E-state index contributed by atoms with van der Waals surface area (Å²) in [4.78, 5) is 11.9. The molecule has 1 aromatic heterocycles. The smallest absolute Gasteiger partial charge is 0.264 e. The maximum absolute atomic E-state index is 11.9. The number of rotatable bonds is 6. The average molecular weight is 394 g/mol. The molecule has 3 rings (SSSR count). The number of nitrogens with zero attached hydrogens (tertiary/aromatic N) is 2. The second-order valence-electron chi connectivity index (χ2n) is 5.09. The maximum atomic E-state index is 11.9. The number of hydrogen-bond acceptors (Lipinski definition) is 5. The molecule has 5 nitrogen and oxygen atoms in total. The molecule has 0 bridgehead atoms. The van der Waals surface area contributed by atoms with Crippen molar-refractivity contribution in [2.24, 2.45) is 0 Å². The molecule has 1 N–H and O–H groups in total. The Morgan fingerprint density at radius 2 is 1.64 bits per heavy atom. The van der Waals surface area contributed by atoms with E-state index in [-0.39, 0.29) is 12.5 Å². The molecule has 0 fully saturated rings. The van der Waals surface area contributed by atoms with Crippen LogP contribution in [0.2, 0.25) is 10.0 Å². The van der Waals surface area contributed by atoms with Gasteiger partial charge in [0.1, 0.15) is 10.8 Å². The van der Waals surface area contributed by atoms with Gasteiger partial charge in [0.05, 0.1) is 0 Å². The maximum Gasteiger partial charge on any atom is 0.264 e. The highest BCUT2D eigenvalue weighted by Crippen LogP contribution is 2.20. The van der Waals surface area contributed by atoms with E-state index >= 15 is 0 Å². The van der Waals surface area contributed by atoms with Crippen molar-refractivity contribution in [1.82, 2.24) is 10.2 Å². The van der Waals surface area contributed by atoms with Crippen molar-refractivity contribution >= 4 is 45.6 Å². The fourth-order valence-corrected chi connectivity index (χ4v) is 3.03. The number of ether oxygens (including phenoxy) is 1. The molecule has 0 radical (unpaired) electrons. The molecule has 0 saturated heterocycles. The summed E-state index contributed by atoms with van der Waals surface area (Å²) < 4.78 is 5.38. The average Bonchev–Trinajstić information content (AvgIpc) is 3.03. The number of aromatic nitrogens is 2. The van der Waals surface area contributed by atoms with Crippen LogP contribution >= 0.6 is 34.5 Å². The van der Waals surface area contributed by atoms with Crippen LogP contribution in [0, 0.1) is 0 Å². The lowest BCUT2D eigenvalue weighted by Crippen LogP contribution is -2.20. The molecule has 0 aliphatic carbocycles. The van der Waals surface area contributed by atoms with Crippen molar-refractivity contribution < 1.29 is 9.53 Å². The first-order valence-electron chi connectivity index (χ1n) is 7.33. The summed E-state index contributed by atoms with van der Waals surface area (Å²) in [5.74, 6) is 0.268. The molecule has 0 aliphatic heterocycles. The highest BCUT2D eigenvalue weighted by Gasteiger charge is 2.09. The minimum atomic E-state index is -0.302. The highest BCUT2D eigenvalue weighted by atomic mass is 35.5. The van der Waals surface area contributed by atoms with Crippen LogP contribution in [0.25, 0.3) is 0 Å². The van der Waals surface area contributed by atoms with Gasteiger partial charge in [-0.05, 0) is 42.0 Å². The zero-order valence-corrected chi connectivity index (χ0v) is 15.2. The van der Waals surface area contributed by atoms with Gasteiger partial charge in [0.25, 0.3) is 5.91 Å². The van der Waals surface area contributed by atoms with E-state index in [9.17, 15) is 4.79 Å². The molecule has 0 aliphatic rings. The minimum Gasteiger partial charge on any atom is -0.484 e. The lowest BCUT2D eigenvalue weighted by Gasteiger charge is -2.05. The van der Waals surface area contributed by atoms with E-state index in [2.05, 4.69) is 15.5 Å². The predicted octanol–water partition coefficient (Wildman–Crippen LogP) is 4.45. The Kier molecular flexibility index (Phi) is 5.86. The Morgan fingerprint density at radius 3 is 2.32 bits per heavy atom. The van der Waals surface area contributed by atoms with E-state index in [0.29, 0.717) is 27.3 Å². The van der Waals surface area contributed by atoms with Crippen LogP contribution in [0.15, 0.2) is 48.5 Å². The molecule has 1 heterocycles. The monoisotopic (exact) mass is 393 g/mol. The van der Waals surface area contributed by atoms with Crippen LogP contribution in [0.5, 0.6) is 5.75 Å². The van der Waals surface area contributed by atoms with Crippen LogP contribution < -0.4 is 10.1 Å². The Morgan fingerprint density at radius 1 is 1.00 bits per heavy atom. The number of carbonyl (C=O) groups excluding carboxylic acids is 1. The number of anilines is 1. The third-order valence-electron chi connectivity index (χ3n) is 3.17. The first kappa shape index (κ1) is 17.7. The van der Waals surface area contributed by atoms with Crippen LogP contribution in [0.3, 0.4) is 0 Å². The second kappa shape index (κ2) is 8.29. The summed E-state index contributed by atoms with van der Waals surface area (Å²) >= 11 is 13.0. The SMILES string of the molecule is O=C(COc1ccc(Cl)cc1)Nc1nnc(Cc2ccc(Cl)cc2)s1. The van der Waals surface area contributed by atoms with Gasteiger partial charge in [-0.3, -0.25) is 10.1 Å². The fourth-order valence-electron chi connectivity index (χ4n) is 1.99. The molecule has 0 spiro atoms. The Bertz CT molecular complexity index is 851. The normalized spacial score (nSPS) is 10.5. The van der Waals surface area contributed by atoms with Crippen LogP contribution in [0.1, 0.15) is 10.6 Å². The van der Waals surface area contributed by atoms with Crippen LogP contribution in [-0.4, -0.2) is 22.7 Å². The van der Waals surface area contributed by atoms with Crippen molar-refractivity contribution in [3.05, 3.63) is 69.1 Å². The Labute approximate surface area is 158 Å². The molecular weight excluding hydrogens is 381 g/mol. The summed E-state index contributed by atoms with van der Waals surface area (Å²) in [5.41, 5.74) is 1.07. The molecular formula is C17H13Cl2N3O2S. The van der Waals surface area contributed by atoms with Gasteiger partial charge >= 0.3 is 0 Å². The Balaban J connectivity index is 1.51. The quantitative estimate of drug-likeness (QED) is 0.671. The molecule has 25 heavy (non-hydrogen) atoms. The van der Waals surface area contributed by atoms with E-state index in [1.807, 2.05) is 24.3 Å². The van der Waals surface area contributed by atoms with Gasteiger partial charge in [0.2, 0.25) is 5.13 Å². The topological polar surface area (TPSA) is 64.1 Å². The number of carbonyl (C=O) groups is 1. The van der Waals surface area contributed by atoms with Crippen molar-refractivity contribution in [2.45, 2.75) is 6.42 Å². The Hall–Kier alpha value is -2.15. The zero-order valence-electron chi connectivity index (χ0n) is 12.9. The van der Waals surface area contributed by atoms with Gasteiger partial charge in [0, 0.05) is 16.5 Å². The van der Waals surface area contributed by atoms with Crippen molar-refractivity contribution in [3.8, 4) is 5.75 Å². The molecule has 0 unspecified atom stereocenters. The van der Waals surface area contributed by atoms with Gasteiger partial charge in [0.15, 0.2) is 6.61 Å². The summed E-state index contributed by atoms with van der Waals surface area (Å²) in [7, 11) is 0. The van der Waals surface area contributed by atoms with E-state index in [4.69, 9.17) is 27.9 Å². The highest BCUT2D eigenvalue weighted by molar-refractivity contribution is 7.15. The minimum absolute atomic E-state index is 0.117. The van der Waals surface area contributed by atoms with Gasteiger partial charge in [-0.15, -0.1) is 10.2 Å². The summed E-state index contributed by atoms with van der Waals surface area (Å²) in [6, 6.07) is 14.3. The summed E-state index contributed by atoms with van der Waals surface area (Å²) in [6.45, 7) is -0.117. The summed E-state index contributed by atoms with van der Waals surface area (Å²) in [5, 5.41) is 13.3. The van der Waals surface area contributed by atoms with Gasteiger partial charge in [-0.1, -0.05) is 46.7 Å². The van der Waals surface area contributed by atoms with Crippen molar-refractivity contribution in [2.75, 3.05) is 11.9 Å².